The first kappa shape index (κ1) is 15.1. The monoisotopic (exact) mass is 307 g/mol. The molecule has 0 aliphatic carbocycles. The van der Waals surface area contributed by atoms with Crippen LogP contribution in [-0.2, 0) is 16.6 Å². The Morgan fingerprint density at radius 2 is 2.05 bits per heavy atom. The smallest absolute Gasteiger partial charge is 0.260 e. The first-order chi connectivity index (χ1) is 9.90. The molecule has 0 aliphatic heterocycles. The summed E-state index contributed by atoms with van der Waals surface area (Å²) in [7, 11) is -3.83. The van der Waals surface area contributed by atoms with E-state index in [4.69, 9.17) is 0 Å². The summed E-state index contributed by atoms with van der Waals surface area (Å²) in [4.78, 5) is 14.1. The highest BCUT2D eigenvalue weighted by Crippen LogP contribution is 2.22. The van der Waals surface area contributed by atoms with E-state index in [0.29, 0.717) is 11.3 Å². The third-order valence-electron chi connectivity index (χ3n) is 2.86. The van der Waals surface area contributed by atoms with Gasteiger partial charge in [0.1, 0.15) is 0 Å². The number of benzene rings is 1. The second-order valence-electron chi connectivity index (χ2n) is 4.35. The molecule has 0 bridgehead atoms. The molecule has 1 aromatic heterocycles. The Bertz CT molecular complexity index is 760. The number of nitro groups is 1. The molecule has 0 amide bonds. The Morgan fingerprint density at radius 1 is 1.29 bits per heavy atom. The average Bonchev–Trinajstić information content (AvgIpc) is 2.46. The van der Waals surface area contributed by atoms with Crippen molar-refractivity contribution < 1.29 is 13.3 Å². The van der Waals surface area contributed by atoms with E-state index in [0.717, 1.165) is 6.07 Å². The van der Waals surface area contributed by atoms with Crippen molar-refractivity contribution in [2.75, 3.05) is 0 Å². The van der Waals surface area contributed by atoms with Gasteiger partial charge in [0.25, 0.3) is 5.69 Å². The van der Waals surface area contributed by atoms with Gasteiger partial charge >= 0.3 is 0 Å². The van der Waals surface area contributed by atoms with E-state index in [1.54, 1.807) is 31.3 Å². The highest BCUT2D eigenvalue weighted by Gasteiger charge is 2.19. The van der Waals surface area contributed by atoms with Gasteiger partial charge in [-0.3, -0.25) is 15.1 Å². The van der Waals surface area contributed by atoms with Crippen molar-refractivity contribution in [1.82, 2.24) is 9.71 Å². The molecular weight excluding hydrogens is 294 g/mol. The summed E-state index contributed by atoms with van der Waals surface area (Å²) in [5, 5.41) is 10.9. The first-order valence-corrected chi connectivity index (χ1v) is 7.53. The van der Waals surface area contributed by atoms with Crippen LogP contribution >= 0.6 is 0 Å². The molecule has 0 spiro atoms. The van der Waals surface area contributed by atoms with Gasteiger partial charge in [-0.1, -0.05) is 12.1 Å². The number of hydrogen-bond donors (Lipinski definition) is 1. The van der Waals surface area contributed by atoms with Crippen molar-refractivity contribution >= 4 is 15.7 Å². The molecule has 7 nitrogen and oxygen atoms in total. The molecule has 0 unspecified atom stereocenters. The van der Waals surface area contributed by atoms with E-state index in [1.807, 2.05) is 0 Å². The summed E-state index contributed by atoms with van der Waals surface area (Å²) in [6, 6.07) is 8.95. The molecule has 21 heavy (non-hydrogen) atoms. The van der Waals surface area contributed by atoms with Gasteiger partial charge in [0, 0.05) is 17.8 Å². The summed E-state index contributed by atoms with van der Waals surface area (Å²) in [5.74, 6) is 0. The van der Waals surface area contributed by atoms with E-state index >= 15 is 0 Å². The van der Waals surface area contributed by atoms with Crippen LogP contribution in [0.15, 0.2) is 47.5 Å². The third kappa shape index (κ3) is 3.61. The maximum atomic E-state index is 12.1. The minimum atomic E-state index is -3.83. The number of hydrogen-bond acceptors (Lipinski definition) is 5. The standard InChI is InChI=1S/C13H13N3O4S/c1-10-5-6-12(8-13(10)16(17)18)21(19,20)15-9-11-4-2-3-7-14-11/h2-8,15H,9H2,1H3. The molecule has 1 heterocycles. The van der Waals surface area contributed by atoms with Crippen molar-refractivity contribution in [2.45, 2.75) is 18.4 Å². The van der Waals surface area contributed by atoms with Crippen LogP contribution in [0.3, 0.4) is 0 Å². The predicted octanol–water partition coefficient (Wildman–Crippen LogP) is 1.78. The zero-order valence-corrected chi connectivity index (χ0v) is 12.0. The Hall–Kier alpha value is -2.32. The lowest BCUT2D eigenvalue weighted by Gasteiger charge is -2.07. The molecule has 0 fully saturated rings. The number of aromatic nitrogens is 1. The maximum Gasteiger partial charge on any atom is 0.273 e. The highest BCUT2D eigenvalue weighted by atomic mass is 32.2. The fourth-order valence-corrected chi connectivity index (χ4v) is 2.73. The Kier molecular flexibility index (Phi) is 4.29. The summed E-state index contributed by atoms with van der Waals surface area (Å²) in [6.07, 6.45) is 1.56. The number of sulfonamides is 1. The number of pyridine rings is 1. The summed E-state index contributed by atoms with van der Waals surface area (Å²) < 4.78 is 26.6. The molecule has 0 saturated heterocycles. The molecule has 0 atom stereocenters. The van der Waals surface area contributed by atoms with Crippen LogP contribution in [0.5, 0.6) is 0 Å². The van der Waals surface area contributed by atoms with Crippen LogP contribution in [0.4, 0.5) is 5.69 Å². The van der Waals surface area contributed by atoms with E-state index in [9.17, 15) is 18.5 Å². The second-order valence-corrected chi connectivity index (χ2v) is 6.12. The molecular formula is C13H13N3O4S. The number of nitrogens with zero attached hydrogens (tertiary/aromatic N) is 2. The highest BCUT2D eigenvalue weighted by molar-refractivity contribution is 7.89. The predicted molar refractivity (Wildman–Crippen MR) is 76.1 cm³/mol. The average molecular weight is 307 g/mol. The largest absolute Gasteiger partial charge is 0.273 e. The minimum Gasteiger partial charge on any atom is -0.260 e. The summed E-state index contributed by atoms with van der Waals surface area (Å²) in [5.41, 5.74) is 0.738. The Labute approximate surface area is 121 Å². The van der Waals surface area contributed by atoms with Crippen molar-refractivity contribution in [3.63, 3.8) is 0 Å². The fraction of sp³-hybridized carbons (Fsp3) is 0.154. The van der Waals surface area contributed by atoms with Gasteiger partial charge in [-0.05, 0) is 25.1 Å². The summed E-state index contributed by atoms with van der Waals surface area (Å²) in [6.45, 7) is 1.57. The van der Waals surface area contributed by atoms with Crippen LogP contribution in [0.25, 0.3) is 0 Å². The molecule has 110 valence electrons. The van der Waals surface area contributed by atoms with Gasteiger partial charge in [0.15, 0.2) is 0 Å². The lowest BCUT2D eigenvalue weighted by Crippen LogP contribution is -2.23. The Balaban J connectivity index is 2.24. The van der Waals surface area contributed by atoms with Crippen LogP contribution in [0.2, 0.25) is 0 Å². The fourth-order valence-electron chi connectivity index (χ4n) is 1.71. The SMILES string of the molecule is Cc1ccc(S(=O)(=O)NCc2ccccn2)cc1[N+](=O)[O-]. The van der Waals surface area contributed by atoms with E-state index in [1.165, 1.54) is 12.1 Å². The normalized spacial score (nSPS) is 11.3. The number of rotatable bonds is 5. The van der Waals surface area contributed by atoms with Crippen LogP contribution < -0.4 is 4.72 Å². The van der Waals surface area contributed by atoms with Crippen LogP contribution in [-0.4, -0.2) is 18.3 Å². The lowest BCUT2D eigenvalue weighted by molar-refractivity contribution is -0.385. The zero-order valence-electron chi connectivity index (χ0n) is 11.2. The molecule has 2 aromatic rings. The third-order valence-corrected chi connectivity index (χ3v) is 4.26. The lowest BCUT2D eigenvalue weighted by atomic mass is 10.2. The minimum absolute atomic E-state index is 0.0187. The molecule has 1 N–H and O–H groups in total. The van der Waals surface area contributed by atoms with E-state index in [2.05, 4.69) is 9.71 Å². The summed E-state index contributed by atoms with van der Waals surface area (Å²) >= 11 is 0. The molecule has 0 radical (unpaired) electrons. The number of nitrogens with one attached hydrogen (secondary N) is 1. The van der Waals surface area contributed by atoms with E-state index in [-0.39, 0.29) is 17.1 Å². The van der Waals surface area contributed by atoms with Crippen molar-refractivity contribution in [2.24, 2.45) is 0 Å². The molecule has 2 rings (SSSR count). The Morgan fingerprint density at radius 3 is 2.67 bits per heavy atom. The molecule has 0 aliphatic rings. The van der Waals surface area contributed by atoms with Gasteiger partial charge in [-0.25, -0.2) is 13.1 Å². The molecule has 1 aromatic carbocycles. The van der Waals surface area contributed by atoms with Crippen molar-refractivity contribution in [3.05, 3.63) is 64.0 Å². The second kappa shape index (κ2) is 5.98. The topological polar surface area (TPSA) is 102 Å². The van der Waals surface area contributed by atoms with Gasteiger partial charge in [-0.2, -0.15) is 0 Å². The number of aryl methyl sites for hydroxylation is 1. The first-order valence-electron chi connectivity index (χ1n) is 6.05. The van der Waals surface area contributed by atoms with Crippen LogP contribution in [0, 0.1) is 17.0 Å². The van der Waals surface area contributed by atoms with E-state index < -0.39 is 14.9 Å². The maximum absolute atomic E-state index is 12.1. The quantitative estimate of drug-likeness (QED) is 0.670. The molecule has 0 saturated carbocycles. The van der Waals surface area contributed by atoms with Crippen molar-refractivity contribution in [1.29, 1.82) is 0 Å². The van der Waals surface area contributed by atoms with Crippen molar-refractivity contribution in [3.8, 4) is 0 Å². The van der Waals surface area contributed by atoms with Crippen LogP contribution in [0.1, 0.15) is 11.3 Å². The zero-order chi connectivity index (χ0) is 15.5. The molecule has 8 heteroatoms. The van der Waals surface area contributed by atoms with Gasteiger partial charge in [-0.15, -0.1) is 0 Å². The van der Waals surface area contributed by atoms with Gasteiger partial charge in [0.2, 0.25) is 10.0 Å². The van der Waals surface area contributed by atoms with Gasteiger partial charge in [0.05, 0.1) is 22.1 Å². The van der Waals surface area contributed by atoms with Gasteiger partial charge < -0.3 is 0 Å². The number of nitro benzene ring substituents is 1.